The zero-order valence-corrected chi connectivity index (χ0v) is 30.9. The third kappa shape index (κ3) is 28.1. The van der Waals surface area contributed by atoms with E-state index in [4.69, 9.17) is 23.1 Å². The highest BCUT2D eigenvalue weighted by Gasteiger charge is 2.25. The molecule has 5 N–H and O–H groups in total. The second-order valence-electron chi connectivity index (χ2n) is 10.1. The summed E-state index contributed by atoms with van der Waals surface area (Å²) < 4.78 is 0. The van der Waals surface area contributed by atoms with Crippen LogP contribution in [-0.4, -0.2) is 55.6 Å². The Bertz CT molecular complexity index is 947. The van der Waals surface area contributed by atoms with E-state index < -0.39 is 0 Å². The van der Waals surface area contributed by atoms with E-state index in [0.29, 0.717) is 31.7 Å². The number of nitrogens with two attached hydrogens (primary N) is 2. The first-order valence-corrected chi connectivity index (χ1v) is 16.3. The number of nitrogens with one attached hydrogen (secondary N) is 1. The topological polar surface area (TPSA) is 119 Å². The fraction of sp³-hybridized carbons (Fsp3) is 0.583. The quantitative estimate of drug-likeness (QED) is 0.227. The summed E-state index contributed by atoms with van der Waals surface area (Å²) in [4.78, 5) is 35.4. The summed E-state index contributed by atoms with van der Waals surface area (Å²) >= 11 is 5.75. The van der Waals surface area contributed by atoms with Gasteiger partial charge in [-0.3, -0.25) is 14.5 Å². The molecule has 0 fully saturated rings. The van der Waals surface area contributed by atoms with Gasteiger partial charge in [-0.25, -0.2) is 0 Å². The van der Waals surface area contributed by atoms with Gasteiger partial charge >= 0.3 is 0 Å². The molecule has 44 heavy (non-hydrogen) atoms. The van der Waals surface area contributed by atoms with E-state index in [-0.39, 0.29) is 35.9 Å². The second kappa shape index (κ2) is 31.7. The number of hydrogen-bond donors (Lipinski definition) is 3. The predicted molar refractivity (Wildman–Crippen MR) is 194 cm³/mol. The molecule has 1 amide bonds. The zero-order valence-electron chi connectivity index (χ0n) is 30.1. The molecule has 0 heterocycles. The molecule has 0 spiro atoms. The van der Waals surface area contributed by atoms with Crippen LogP contribution in [0.15, 0.2) is 42.5 Å². The fourth-order valence-electron chi connectivity index (χ4n) is 3.41. The van der Waals surface area contributed by atoms with Crippen molar-refractivity contribution in [2.45, 2.75) is 102 Å². The van der Waals surface area contributed by atoms with Crippen LogP contribution in [0.4, 0.5) is 5.69 Å². The summed E-state index contributed by atoms with van der Waals surface area (Å²) in [6, 6.07) is 13.6. The molecule has 2 atom stereocenters. The van der Waals surface area contributed by atoms with Crippen molar-refractivity contribution in [2.75, 3.05) is 39.0 Å². The Kier molecular flexibility index (Phi) is 34.7. The van der Waals surface area contributed by atoms with Gasteiger partial charge in [0, 0.05) is 48.6 Å². The first-order valence-electron chi connectivity index (χ1n) is 16.0. The van der Waals surface area contributed by atoms with Crippen molar-refractivity contribution in [3.63, 3.8) is 0 Å². The SMILES string of the molecule is CC.CC.CC(=O)C(C)C(CN(C)CC(=O)NCCN)c1ccc(N)cc1.CCC.CCC(C)=O.Cc1cc(C)cc(Cl)c1. The summed E-state index contributed by atoms with van der Waals surface area (Å²) in [6.07, 6.45) is 1.92. The molecule has 0 aliphatic heterocycles. The maximum absolute atomic E-state index is 11.8. The standard InChI is InChI=1S/C17H28N4O2.C8H9Cl.C4H8O.C3H8.2C2H6/c1-12(13(2)22)16(14-4-6-15(19)7-5-14)10-21(3)11-17(23)20-9-8-18;1-6-3-7(2)5-8(9)4-6;1-3-4(2)5;1-3-2;2*1-2/h4-7,12,16H,8-11,18-19H2,1-3H3,(H,20,23);3-5H,1-2H3;3H2,1-2H3;3H2,1-2H3;2*1-2H3. The molecule has 7 nitrogen and oxygen atoms in total. The number of likely N-dealkylation sites (N-methyl/N-ethyl adjacent to an activating group) is 1. The number of anilines is 1. The largest absolute Gasteiger partial charge is 0.399 e. The van der Waals surface area contributed by atoms with E-state index >= 15 is 0 Å². The summed E-state index contributed by atoms with van der Waals surface area (Å²) in [5, 5.41) is 3.57. The zero-order chi connectivity index (χ0) is 35.3. The molecule has 2 aromatic rings. The van der Waals surface area contributed by atoms with E-state index in [0.717, 1.165) is 10.6 Å². The number of halogens is 1. The van der Waals surface area contributed by atoms with Gasteiger partial charge in [0.15, 0.2) is 0 Å². The van der Waals surface area contributed by atoms with Crippen LogP contribution in [0.2, 0.25) is 5.02 Å². The van der Waals surface area contributed by atoms with Crippen molar-refractivity contribution < 1.29 is 14.4 Å². The lowest BCUT2D eigenvalue weighted by Gasteiger charge is -2.27. The molecule has 0 radical (unpaired) electrons. The van der Waals surface area contributed by atoms with E-state index in [1.54, 1.807) is 13.8 Å². The van der Waals surface area contributed by atoms with Crippen LogP contribution >= 0.6 is 11.6 Å². The van der Waals surface area contributed by atoms with Crippen LogP contribution in [-0.2, 0) is 14.4 Å². The Morgan fingerprint density at radius 1 is 0.909 bits per heavy atom. The molecule has 2 unspecified atom stereocenters. The van der Waals surface area contributed by atoms with Gasteiger partial charge in [0.05, 0.1) is 6.54 Å². The van der Waals surface area contributed by atoms with Crippen molar-refractivity contribution in [2.24, 2.45) is 11.7 Å². The molecule has 0 saturated carbocycles. The number of amides is 1. The number of benzene rings is 2. The number of ketones is 2. The average Bonchev–Trinajstić information content (AvgIpc) is 2.97. The number of nitrogen functional groups attached to an aromatic ring is 1. The van der Waals surface area contributed by atoms with Gasteiger partial charge in [-0.1, -0.05) is 91.6 Å². The molecule has 2 aromatic carbocycles. The molecule has 0 aliphatic carbocycles. The number of carbonyl (C=O) groups is 3. The molecule has 254 valence electrons. The Morgan fingerprint density at radius 2 is 1.34 bits per heavy atom. The molecule has 0 aliphatic rings. The minimum atomic E-state index is -0.131. The fourth-order valence-corrected chi connectivity index (χ4v) is 3.76. The van der Waals surface area contributed by atoms with Gasteiger partial charge in [0.1, 0.15) is 11.6 Å². The Hall–Kier alpha value is -2.74. The minimum absolute atomic E-state index is 0.0143. The molecular formula is C36H65ClN4O3. The van der Waals surface area contributed by atoms with E-state index in [1.165, 1.54) is 17.5 Å². The predicted octanol–water partition coefficient (Wildman–Crippen LogP) is 8.00. The highest BCUT2D eigenvalue weighted by molar-refractivity contribution is 6.30. The molecule has 8 heteroatoms. The number of rotatable bonds is 10. The van der Waals surface area contributed by atoms with Crippen LogP contribution in [0.5, 0.6) is 0 Å². The maximum Gasteiger partial charge on any atom is 0.234 e. The molecule has 0 saturated heterocycles. The molecule has 0 aromatic heterocycles. The summed E-state index contributed by atoms with van der Waals surface area (Å²) in [7, 11) is 1.87. The number of hydrogen-bond acceptors (Lipinski definition) is 6. The molecule has 2 rings (SSSR count). The van der Waals surface area contributed by atoms with E-state index in [2.05, 4.69) is 25.2 Å². The van der Waals surface area contributed by atoms with Crippen LogP contribution in [0.25, 0.3) is 0 Å². The first kappa shape index (κ1) is 48.2. The lowest BCUT2D eigenvalue weighted by Crippen LogP contribution is -2.40. The number of carbonyl (C=O) groups excluding carboxylic acids is 3. The number of aryl methyl sites for hydroxylation is 2. The number of nitrogens with zero attached hydrogens (tertiary/aromatic N) is 1. The van der Waals surface area contributed by atoms with Gasteiger partial charge in [0.2, 0.25) is 5.91 Å². The van der Waals surface area contributed by atoms with Crippen LogP contribution in [0, 0.1) is 19.8 Å². The van der Waals surface area contributed by atoms with E-state index in [1.807, 2.05) is 104 Å². The highest BCUT2D eigenvalue weighted by atomic mass is 35.5. The maximum atomic E-state index is 11.8. The van der Waals surface area contributed by atoms with Gasteiger partial charge in [-0.15, -0.1) is 0 Å². The van der Waals surface area contributed by atoms with Crippen molar-refractivity contribution in [3.8, 4) is 0 Å². The minimum Gasteiger partial charge on any atom is -0.399 e. The van der Waals surface area contributed by atoms with Crippen LogP contribution in [0.3, 0.4) is 0 Å². The van der Waals surface area contributed by atoms with Crippen LogP contribution in [0.1, 0.15) is 105 Å². The first-order chi connectivity index (χ1) is 20.7. The molecular weight excluding hydrogens is 572 g/mol. The highest BCUT2D eigenvalue weighted by Crippen LogP contribution is 2.27. The van der Waals surface area contributed by atoms with Crippen molar-refractivity contribution >= 4 is 34.8 Å². The van der Waals surface area contributed by atoms with Crippen molar-refractivity contribution in [1.82, 2.24) is 10.2 Å². The third-order valence-corrected chi connectivity index (χ3v) is 5.90. The lowest BCUT2D eigenvalue weighted by atomic mass is 9.84. The monoisotopic (exact) mass is 636 g/mol. The Morgan fingerprint density at radius 3 is 1.68 bits per heavy atom. The van der Waals surface area contributed by atoms with Crippen molar-refractivity contribution in [3.05, 3.63) is 64.2 Å². The van der Waals surface area contributed by atoms with Crippen LogP contribution < -0.4 is 16.8 Å². The molecule has 0 bridgehead atoms. The van der Waals surface area contributed by atoms with Gasteiger partial charge in [-0.2, -0.15) is 0 Å². The van der Waals surface area contributed by atoms with E-state index in [9.17, 15) is 14.4 Å². The smallest absolute Gasteiger partial charge is 0.234 e. The normalized spacial score (nSPS) is 10.6. The van der Waals surface area contributed by atoms with Crippen molar-refractivity contribution in [1.29, 1.82) is 0 Å². The summed E-state index contributed by atoms with van der Waals surface area (Å²) in [6.45, 7) is 25.1. The lowest BCUT2D eigenvalue weighted by molar-refractivity contribution is -0.122. The third-order valence-electron chi connectivity index (χ3n) is 5.68. The Labute approximate surface area is 275 Å². The second-order valence-corrected chi connectivity index (χ2v) is 10.5. The van der Waals surface area contributed by atoms with Gasteiger partial charge < -0.3 is 21.6 Å². The summed E-state index contributed by atoms with van der Waals surface area (Å²) in [5.41, 5.74) is 15.3. The van der Waals surface area contributed by atoms with Gasteiger partial charge in [0.25, 0.3) is 0 Å². The summed E-state index contributed by atoms with van der Waals surface area (Å²) in [5.74, 6) is 0.205. The van der Waals surface area contributed by atoms with Gasteiger partial charge in [-0.05, 0) is 75.7 Å². The average molecular weight is 637 g/mol. The Balaban J connectivity index is -0.000000310. The number of Topliss-reactive ketones (excluding diaryl/α,β-unsaturated/α-hetero) is 2.